The maximum Gasteiger partial charge on any atom is 0.227 e. The summed E-state index contributed by atoms with van der Waals surface area (Å²) in [4.78, 5) is 18.4. The number of nitrogens with zero attached hydrogens (tertiary/aromatic N) is 5. The van der Waals surface area contributed by atoms with Gasteiger partial charge in [-0.2, -0.15) is 0 Å². The molecule has 0 amide bonds. The third-order valence-corrected chi connectivity index (χ3v) is 5.93. The molecule has 4 heterocycles. The van der Waals surface area contributed by atoms with Crippen molar-refractivity contribution in [3.63, 3.8) is 0 Å². The molecule has 0 saturated heterocycles. The molecule has 0 radical (unpaired) electrons. The molecule has 152 valence electrons. The van der Waals surface area contributed by atoms with Crippen LogP contribution in [0.4, 0.5) is 23.0 Å². The van der Waals surface area contributed by atoms with E-state index >= 15 is 0 Å². The molecule has 6 rings (SSSR count). The van der Waals surface area contributed by atoms with Crippen LogP contribution in [0.2, 0.25) is 0 Å². The topological polar surface area (TPSA) is 58.3 Å². The van der Waals surface area contributed by atoms with Crippen molar-refractivity contribution in [1.29, 1.82) is 0 Å². The van der Waals surface area contributed by atoms with Crippen molar-refractivity contribution in [3.8, 4) is 0 Å². The Balaban J connectivity index is 1.59. The monoisotopic (exact) mass is 407 g/mol. The molecule has 0 spiro atoms. The van der Waals surface area contributed by atoms with Gasteiger partial charge in [-0.05, 0) is 43.7 Å². The maximum absolute atomic E-state index is 6.26. The van der Waals surface area contributed by atoms with Crippen LogP contribution >= 0.6 is 0 Å². The Morgan fingerprint density at radius 2 is 1.65 bits per heavy atom. The van der Waals surface area contributed by atoms with Crippen LogP contribution < -0.4 is 9.80 Å². The summed E-state index contributed by atoms with van der Waals surface area (Å²) in [6, 6.07) is 18.8. The lowest BCUT2D eigenvalue weighted by molar-refractivity contribution is 0.641. The van der Waals surface area contributed by atoms with Crippen LogP contribution in [-0.2, 0) is 0 Å². The first-order valence-electron chi connectivity index (χ1n) is 10.4. The Morgan fingerprint density at radius 1 is 0.839 bits per heavy atom. The van der Waals surface area contributed by atoms with E-state index in [0.717, 1.165) is 51.5 Å². The van der Waals surface area contributed by atoms with E-state index in [-0.39, 0.29) is 6.04 Å². The van der Waals surface area contributed by atoms with Crippen LogP contribution in [0.3, 0.4) is 0 Å². The molecule has 0 unspecified atom stereocenters. The molecular formula is C25H21N5O. The number of furan rings is 1. The van der Waals surface area contributed by atoms with Gasteiger partial charge in [0.2, 0.25) is 5.71 Å². The minimum Gasteiger partial charge on any atom is -0.435 e. The van der Waals surface area contributed by atoms with Gasteiger partial charge in [0.05, 0.1) is 11.7 Å². The Labute approximate surface area is 179 Å². The number of benzene rings is 2. The number of para-hydroxylation sites is 1. The van der Waals surface area contributed by atoms with Crippen molar-refractivity contribution in [1.82, 2.24) is 15.0 Å². The van der Waals surface area contributed by atoms with E-state index in [1.807, 2.05) is 12.1 Å². The Bertz CT molecular complexity index is 1410. The summed E-state index contributed by atoms with van der Waals surface area (Å²) in [6.45, 7) is 5.08. The van der Waals surface area contributed by atoms with Crippen LogP contribution in [0, 0.1) is 6.92 Å². The van der Waals surface area contributed by atoms with E-state index in [2.05, 4.69) is 71.1 Å². The number of rotatable bonds is 2. The number of hydrogen-bond donors (Lipinski definition) is 0. The number of aromatic nitrogens is 3. The van der Waals surface area contributed by atoms with Gasteiger partial charge in [-0.1, -0.05) is 30.3 Å². The first-order valence-corrected chi connectivity index (χ1v) is 10.4. The summed E-state index contributed by atoms with van der Waals surface area (Å²) in [5, 5.41) is 2.08. The Kier molecular flexibility index (Phi) is 3.93. The molecule has 2 aromatic carbocycles. The lowest BCUT2D eigenvalue weighted by atomic mass is 10.1. The van der Waals surface area contributed by atoms with E-state index < -0.39 is 0 Å². The number of aryl methyl sites for hydroxylation is 1. The summed E-state index contributed by atoms with van der Waals surface area (Å²) in [6.07, 6.45) is 5.27. The average molecular weight is 407 g/mol. The minimum atomic E-state index is 0.184. The van der Waals surface area contributed by atoms with Gasteiger partial charge in [0, 0.05) is 41.6 Å². The zero-order valence-electron chi connectivity index (χ0n) is 17.4. The predicted octanol–water partition coefficient (Wildman–Crippen LogP) is 5.76. The fourth-order valence-corrected chi connectivity index (χ4v) is 4.58. The molecule has 31 heavy (non-hydrogen) atoms. The van der Waals surface area contributed by atoms with Crippen molar-refractivity contribution < 1.29 is 4.42 Å². The first kappa shape index (κ1) is 17.9. The maximum atomic E-state index is 6.26. The summed E-state index contributed by atoms with van der Waals surface area (Å²) in [5.41, 5.74) is 4.75. The smallest absolute Gasteiger partial charge is 0.227 e. The Hall–Kier alpha value is -3.93. The summed E-state index contributed by atoms with van der Waals surface area (Å²) in [7, 11) is 0. The lowest BCUT2D eigenvalue weighted by Crippen LogP contribution is -2.44. The van der Waals surface area contributed by atoms with Gasteiger partial charge in [0.15, 0.2) is 17.2 Å². The molecule has 0 N–H and O–H groups in total. The molecule has 6 nitrogen and oxygen atoms in total. The second-order valence-corrected chi connectivity index (χ2v) is 7.93. The van der Waals surface area contributed by atoms with Gasteiger partial charge in [0.1, 0.15) is 0 Å². The van der Waals surface area contributed by atoms with Gasteiger partial charge in [0.25, 0.3) is 0 Å². The van der Waals surface area contributed by atoms with Crippen molar-refractivity contribution in [2.75, 3.05) is 16.3 Å². The molecule has 1 aliphatic rings. The van der Waals surface area contributed by atoms with Crippen LogP contribution in [0.15, 0.2) is 77.6 Å². The summed E-state index contributed by atoms with van der Waals surface area (Å²) >= 11 is 0. The highest BCUT2D eigenvalue weighted by Gasteiger charge is 2.34. The van der Waals surface area contributed by atoms with Gasteiger partial charge < -0.3 is 14.2 Å². The third kappa shape index (κ3) is 2.68. The highest BCUT2D eigenvalue weighted by molar-refractivity contribution is 6.09. The SMILES string of the molecule is Cc1ccc2c(oc3ncccc32)c1N1C[C@@H](C)N(c2ccccc2)c2nccnc21. The molecule has 6 heteroatoms. The predicted molar refractivity (Wildman–Crippen MR) is 123 cm³/mol. The molecule has 0 fully saturated rings. The van der Waals surface area contributed by atoms with E-state index in [0.29, 0.717) is 5.71 Å². The van der Waals surface area contributed by atoms with Crippen LogP contribution in [0.5, 0.6) is 0 Å². The van der Waals surface area contributed by atoms with Crippen LogP contribution in [0.1, 0.15) is 12.5 Å². The number of pyridine rings is 1. The summed E-state index contributed by atoms with van der Waals surface area (Å²) < 4.78 is 6.26. The lowest BCUT2D eigenvalue weighted by Gasteiger charge is -2.41. The minimum absolute atomic E-state index is 0.184. The first-order chi connectivity index (χ1) is 15.2. The highest BCUT2D eigenvalue weighted by atomic mass is 16.3. The zero-order chi connectivity index (χ0) is 20.9. The van der Waals surface area contributed by atoms with Gasteiger partial charge in [-0.3, -0.25) is 0 Å². The number of anilines is 4. The largest absolute Gasteiger partial charge is 0.435 e. The molecule has 0 saturated carbocycles. The van der Waals surface area contributed by atoms with E-state index in [1.165, 1.54) is 0 Å². The van der Waals surface area contributed by atoms with Crippen molar-refractivity contribution in [3.05, 3.63) is 78.8 Å². The van der Waals surface area contributed by atoms with Gasteiger partial charge in [-0.25, -0.2) is 15.0 Å². The van der Waals surface area contributed by atoms with Gasteiger partial charge >= 0.3 is 0 Å². The van der Waals surface area contributed by atoms with Crippen LogP contribution in [0.25, 0.3) is 22.1 Å². The molecular weight excluding hydrogens is 386 g/mol. The van der Waals surface area contributed by atoms with Crippen LogP contribution in [-0.4, -0.2) is 27.5 Å². The molecule has 0 aliphatic carbocycles. The number of hydrogen-bond acceptors (Lipinski definition) is 6. The molecule has 0 bridgehead atoms. The van der Waals surface area contributed by atoms with Crippen molar-refractivity contribution in [2.24, 2.45) is 0 Å². The van der Waals surface area contributed by atoms with Gasteiger partial charge in [-0.15, -0.1) is 0 Å². The second-order valence-electron chi connectivity index (χ2n) is 7.93. The van der Waals surface area contributed by atoms with E-state index in [1.54, 1.807) is 18.6 Å². The van der Waals surface area contributed by atoms with Crippen molar-refractivity contribution in [2.45, 2.75) is 19.9 Å². The normalized spacial score (nSPS) is 16.1. The van der Waals surface area contributed by atoms with Crippen molar-refractivity contribution >= 4 is 45.1 Å². The fourth-order valence-electron chi connectivity index (χ4n) is 4.58. The van der Waals surface area contributed by atoms with E-state index in [9.17, 15) is 0 Å². The standard InChI is InChI=1S/C25H21N5O/c1-16-10-11-19-20-9-6-12-28-25(20)31-22(19)21(16)29-15-17(2)30(18-7-4-3-5-8-18)24-23(29)26-13-14-27-24/h3-14,17H,15H2,1-2H3/t17-/m1/s1. The quantitative estimate of drug-likeness (QED) is 0.371. The van der Waals surface area contributed by atoms with E-state index in [4.69, 9.17) is 14.4 Å². The third-order valence-electron chi connectivity index (χ3n) is 5.93. The molecule has 1 atom stereocenters. The fraction of sp³-hybridized carbons (Fsp3) is 0.160. The molecule has 5 aromatic rings. The second kappa shape index (κ2) is 6.80. The zero-order valence-corrected chi connectivity index (χ0v) is 17.4. The molecule has 1 aliphatic heterocycles. The number of fused-ring (bicyclic) bond motifs is 4. The average Bonchev–Trinajstić information content (AvgIpc) is 3.18. The molecule has 3 aromatic heterocycles. The summed E-state index contributed by atoms with van der Waals surface area (Å²) in [5.74, 6) is 1.67. The highest BCUT2D eigenvalue weighted by Crippen LogP contribution is 2.45. The Morgan fingerprint density at radius 3 is 2.48 bits per heavy atom.